The Labute approximate surface area is 81.4 Å². The van der Waals surface area contributed by atoms with Crippen molar-refractivity contribution in [3.63, 3.8) is 0 Å². The number of amidine groups is 1. The zero-order valence-corrected chi connectivity index (χ0v) is 7.71. The number of hydrogen-bond acceptors (Lipinski definition) is 3. The molecule has 0 radical (unpaired) electrons. The summed E-state index contributed by atoms with van der Waals surface area (Å²) < 4.78 is 5.19. The molecular formula is C9H9ClN2O. The molecule has 3 nitrogen and oxygen atoms in total. The van der Waals surface area contributed by atoms with E-state index >= 15 is 0 Å². The van der Waals surface area contributed by atoms with Gasteiger partial charge in [-0.25, -0.2) is 4.99 Å². The number of para-hydroxylation sites is 1. The van der Waals surface area contributed by atoms with Crippen molar-refractivity contribution in [3.8, 4) is 0 Å². The van der Waals surface area contributed by atoms with Crippen molar-refractivity contribution in [1.29, 1.82) is 0 Å². The molecule has 2 rings (SSSR count). The highest BCUT2D eigenvalue weighted by molar-refractivity contribution is 6.33. The molecule has 0 spiro atoms. The van der Waals surface area contributed by atoms with Crippen molar-refractivity contribution >= 4 is 23.3 Å². The van der Waals surface area contributed by atoms with Crippen molar-refractivity contribution in [2.75, 3.05) is 18.5 Å². The van der Waals surface area contributed by atoms with Crippen molar-refractivity contribution in [2.24, 2.45) is 4.99 Å². The first-order valence-corrected chi connectivity index (χ1v) is 4.43. The maximum Gasteiger partial charge on any atom is 0.289 e. The Balaban J connectivity index is 2.13. The fourth-order valence-corrected chi connectivity index (χ4v) is 1.27. The average molecular weight is 197 g/mol. The predicted octanol–water partition coefficient (Wildman–Crippen LogP) is 2.14. The van der Waals surface area contributed by atoms with E-state index in [1.54, 1.807) is 0 Å². The third-order valence-corrected chi connectivity index (χ3v) is 2.03. The SMILES string of the molecule is Clc1ccccc1NC1=NCCO1. The van der Waals surface area contributed by atoms with Crippen molar-refractivity contribution in [3.05, 3.63) is 29.3 Å². The molecule has 1 aromatic rings. The van der Waals surface area contributed by atoms with Gasteiger partial charge < -0.3 is 10.1 Å². The summed E-state index contributed by atoms with van der Waals surface area (Å²) >= 11 is 5.93. The van der Waals surface area contributed by atoms with E-state index in [4.69, 9.17) is 16.3 Å². The van der Waals surface area contributed by atoms with Gasteiger partial charge in [-0.1, -0.05) is 23.7 Å². The quantitative estimate of drug-likeness (QED) is 0.747. The Hall–Kier alpha value is -1.22. The molecule has 4 heteroatoms. The lowest BCUT2D eigenvalue weighted by atomic mass is 10.3. The van der Waals surface area contributed by atoms with Crippen LogP contribution >= 0.6 is 11.6 Å². The Kier molecular flexibility index (Phi) is 2.36. The topological polar surface area (TPSA) is 33.6 Å². The molecule has 0 unspecified atom stereocenters. The van der Waals surface area contributed by atoms with Gasteiger partial charge in [0.15, 0.2) is 0 Å². The molecule has 0 saturated carbocycles. The third-order valence-electron chi connectivity index (χ3n) is 1.70. The van der Waals surface area contributed by atoms with Gasteiger partial charge in [0, 0.05) is 0 Å². The van der Waals surface area contributed by atoms with Crippen molar-refractivity contribution in [1.82, 2.24) is 0 Å². The summed E-state index contributed by atoms with van der Waals surface area (Å²) in [5.74, 6) is 0. The predicted molar refractivity (Wildman–Crippen MR) is 53.3 cm³/mol. The lowest BCUT2D eigenvalue weighted by Crippen LogP contribution is -2.11. The largest absolute Gasteiger partial charge is 0.463 e. The highest BCUT2D eigenvalue weighted by Gasteiger charge is 2.08. The van der Waals surface area contributed by atoms with Gasteiger partial charge in [-0.2, -0.15) is 0 Å². The van der Waals surface area contributed by atoms with E-state index < -0.39 is 0 Å². The van der Waals surface area contributed by atoms with Gasteiger partial charge in [0.05, 0.1) is 17.3 Å². The van der Waals surface area contributed by atoms with Crippen LogP contribution < -0.4 is 5.32 Å². The van der Waals surface area contributed by atoms with Crippen LogP contribution in [-0.2, 0) is 4.74 Å². The maximum absolute atomic E-state index is 5.93. The first kappa shape index (κ1) is 8.38. The van der Waals surface area contributed by atoms with Crippen LogP contribution in [0.4, 0.5) is 5.69 Å². The van der Waals surface area contributed by atoms with Crippen LogP contribution in [0.1, 0.15) is 0 Å². The summed E-state index contributed by atoms with van der Waals surface area (Å²) in [7, 11) is 0. The van der Waals surface area contributed by atoms with Gasteiger partial charge >= 0.3 is 0 Å². The van der Waals surface area contributed by atoms with E-state index in [1.165, 1.54) is 0 Å². The van der Waals surface area contributed by atoms with Gasteiger partial charge in [0.2, 0.25) is 0 Å². The second-order valence-corrected chi connectivity index (χ2v) is 3.05. The summed E-state index contributed by atoms with van der Waals surface area (Å²) in [6.45, 7) is 1.36. The van der Waals surface area contributed by atoms with Gasteiger partial charge in [-0.3, -0.25) is 0 Å². The number of benzene rings is 1. The molecule has 13 heavy (non-hydrogen) atoms. The summed E-state index contributed by atoms with van der Waals surface area (Å²) in [5.41, 5.74) is 0.824. The molecule has 0 amide bonds. The standard InChI is InChI=1S/C9H9ClN2O/c10-7-3-1-2-4-8(7)12-9-11-5-6-13-9/h1-4H,5-6H2,(H,11,12). The third kappa shape index (κ3) is 1.92. The van der Waals surface area contributed by atoms with E-state index in [0.717, 1.165) is 5.69 Å². The Bertz CT molecular complexity index is 338. The van der Waals surface area contributed by atoms with Crippen LogP contribution in [0, 0.1) is 0 Å². The smallest absolute Gasteiger partial charge is 0.289 e. The van der Waals surface area contributed by atoms with E-state index in [0.29, 0.717) is 24.2 Å². The maximum atomic E-state index is 5.93. The van der Waals surface area contributed by atoms with E-state index in [1.807, 2.05) is 24.3 Å². The van der Waals surface area contributed by atoms with Crippen molar-refractivity contribution < 1.29 is 4.74 Å². The number of aliphatic imine (C=N–C) groups is 1. The van der Waals surface area contributed by atoms with E-state index in [2.05, 4.69) is 10.3 Å². The molecule has 0 bridgehead atoms. The lowest BCUT2D eigenvalue weighted by molar-refractivity contribution is 0.346. The summed E-state index contributed by atoms with van der Waals surface area (Å²) in [4.78, 5) is 4.10. The summed E-state index contributed by atoms with van der Waals surface area (Å²) in [6.07, 6.45) is 0. The first-order valence-electron chi connectivity index (χ1n) is 4.05. The number of ether oxygens (including phenoxy) is 1. The minimum Gasteiger partial charge on any atom is -0.463 e. The normalized spacial score (nSPS) is 15.0. The molecule has 1 aliphatic heterocycles. The minimum atomic E-state index is 0.549. The molecule has 1 heterocycles. The minimum absolute atomic E-state index is 0.549. The zero-order valence-electron chi connectivity index (χ0n) is 6.96. The summed E-state index contributed by atoms with van der Waals surface area (Å²) in [6, 6.07) is 8.04. The molecule has 1 aliphatic rings. The van der Waals surface area contributed by atoms with Gasteiger partial charge in [-0.15, -0.1) is 0 Å². The van der Waals surface area contributed by atoms with Crippen LogP contribution in [0.2, 0.25) is 5.02 Å². The van der Waals surface area contributed by atoms with Crippen LogP contribution in [0.3, 0.4) is 0 Å². The number of nitrogens with zero attached hydrogens (tertiary/aromatic N) is 1. The van der Waals surface area contributed by atoms with Crippen molar-refractivity contribution in [2.45, 2.75) is 0 Å². The molecule has 0 saturated heterocycles. The Morgan fingerprint density at radius 2 is 2.23 bits per heavy atom. The van der Waals surface area contributed by atoms with Crippen LogP contribution in [0.25, 0.3) is 0 Å². The second kappa shape index (κ2) is 3.66. The average Bonchev–Trinajstić information content (AvgIpc) is 2.61. The number of rotatable bonds is 1. The Morgan fingerprint density at radius 1 is 1.38 bits per heavy atom. The number of hydrogen-bond donors (Lipinski definition) is 1. The number of halogens is 1. The molecule has 1 aromatic carbocycles. The fraction of sp³-hybridized carbons (Fsp3) is 0.222. The van der Waals surface area contributed by atoms with Gasteiger partial charge in [0.25, 0.3) is 6.02 Å². The molecule has 0 aromatic heterocycles. The molecule has 68 valence electrons. The highest BCUT2D eigenvalue weighted by atomic mass is 35.5. The molecule has 0 fully saturated rings. The monoisotopic (exact) mass is 196 g/mol. The second-order valence-electron chi connectivity index (χ2n) is 2.64. The lowest BCUT2D eigenvalue weighted by Gasteiger charge is -2.06. The zero-order chi connectivity index (χ0) is 9.10. The molecular weight excluding hydrogens is 188 g/mol. The molecule has 1 N–H and O–H groups in total. The molecule has 0 atom stereocenters. The van der Waals surface area contributed by atoms with Gasteiger partial charge in [-0.05, 0) is 12.1 Å². The number of nitrogens with one attached hydrogen (secondary N) is 1. The van der Waals surface area contributed by atoms with Crippen LogP contribution in [0.5, 0.6) is 0 Å². The van der Waals surface area contributed by atoms with Crippen LogP contribution in [-0.4, -0.2) is 19.2 Å². The van der Waals surface area contributed by atoms with Gasteiger partial charge in [0.1, 0.15) is 6.61 Å². The number of anilines is 1. The summed E-state index contributed by atoms with van der Waals surface area (Å²) in [5, 5.41) is 3.67. The van der Waals surface area contributed by atoms with Crippen LogP contribution in [0.15, 0.2) is 29.3 Å². The van der Waals surface area contributed by atoms with E-state index in [9.17, 15) is 0 Å². The highest BCUT2D eigenvalue weighted by Crippen LogP contribution is 2.20. The van der Waals surface area contributed by atoms with E-state index in [-0.39, 0.29) is 0 Å². The molecule has 0 aliphatic carbocycles. The fourth-order valence-electron chi connectivity index (χ4n) is 1.09. The Morgan fingerprint density at radius 3 is 2.92 bits per heavy atom. The first-order chi connectivity index (χ1) is 6.36.